The van der Waals surface area contributed by atoms with Crippen LogP contribution < -0.4 is 10.6 Å². The second kappa shape index (κ2) is 5.55. The van der Waals surface area contributed by atoms with Crippen molar-refractivity contribution in [1.29, 1.82) is 0 Å². The van der Waals surface area contributed by atoms with Crippen LogP contribution in [-0.4, -0.2) is 29.8 Å². The van der Waals surface area contributed by atoms with E-state index in [-0.39, 0.29) is 5.69 Å². The quantitative estimate of drug-likeness (QED) is 0.743. The lowest BCUT2D eigenvalue weighted by atomic mass is 10.2. The number of carbonyl (C=O) groups excluding carboxylic acids is 1. The van der Waals surface area contributed by atoms with Gasteiger partial charge in [-0.25, -0.2) is 14.0 Å². The second-order valence-electron chi connectivity index (χ2n) is 3.42. The van der Waals surface area contributed by atoms with Gasteiger partial charge in [0, 0.05) is 5.69 Å². The van der Waals surface area contributed by atoms with Crippen molar-refractivity contribution in [1.82, 2.24) is 5.32 Å². The van der Waals surface area contributed by atoms with E-state index in [1.54, 1.807) is 0 Å². The Morgan fingerprint density at radius 3 is 2.37 bits per heavy atom. The number of halogens is 4. The van der Waals surface area contributed by atoms with E-state index < -0.39 is 36.1 Å². The van der Waals surface area contributed by atoms with E-state index >= 15 is 0 Å². The van der Waals surface area contributed by atoms with Gasteiger partial charge in [0.05, 0.1) is 5.56 Å². The summed E-state index contributed by atoms with van der Waals surface area (Å²) in [6.07, 6.45) is -4.56. The van der Waals surface area contributed by atoms with Crippen molar-refractivity contribution >= 4 is 17.7 Å². The molecule has 0 heterocycles. The third kappa shape index (κ3) is 4.82. The fourth-order valence-electron chi connectivity index (χ4n) is 1.12. The van der Waals surface area contributed by atoms with Crippen LogP contribution in [0.1, 0.15) is 10.4 Å². The Kier molecular flexibility index (Phi) is 4.30. The van der Waals surface area contributed by atoms with Crippen LogP contribution in [0.3, 0.4) is 0 Å². The number of carboxylic acids is 1. The van der Waals surface area contributed by atoms with Crippen molar-refractivity contribution in [3.8, 4) is 0 Å². The van der Waals surface area contributed by atoms with Crippen molar-refractivity contribution in [3.05, 3.63) is 29.6 Å². The number of hydrogen-bond donors (Lipinski definition) is 3. The molecule has 0 aliphatic carbocycles. The van der Waals surface area contributed by atoms with E-state index in [2.05, 4.69) is 0 Å². The van der Waals surface area contributed by atoms with Gasteiger partial charge in [0.25, 0.3) is 0 Å². The fraction of sp³-hybridized carbons (Fsp3) is 0.200. The van der Waals surface area contributed by atoms with Crippen molar-refractivity contribution in [2.24, 2.45) is 0 Å². The third-order valence-electron chi connectivity index (χ3n) is 1.91. The zero-order valence-electron chi connectivity index (χ0n) is 9.21. The number of alkyl halides is 3. The highest BCUT2D eigenvalue weighted by Crippen LogP contribution is 2.15. The van der Waals surface area contributed by atoms with E-state index in [1.165, 1.54) is 5.32 Å². The smallest absolute Gasteiger partial charge is 0.405 e. The third-order valence-corrected chi connectivity index (χ3v) is 1.91. The van der Waals surface area contributed by atoms with E-state index in [0.29, 0.717) is 6.07 Å². The average molecular weight is 280 g/mol. The molecule has 0 aromatic heterocycles. The summed E-state index contributed by atoms with van der Waals surface area (Å²) < 4.78 is 48.6. The molecular weight excluding hydrogens is 272 g/mol. The van der Waals surface area contributed by atoms with Crippen LogP contribution in [0.15, 0.2) is 18.2 Å². The highest BCUT2D eigenvalue weighted by atomic mass is 19.4. The summed E-state index contributed by atoms with van der Waals surface area (Å²) in [4.78, 5) is 21.5. The average Bonchev–Trinajstić information content (AvgIpc) is 2.25. The number of carbonyl (C=O) groups is 2. The molecule has 0 aliphatic heterocycles. The molecule has 0 aliphatic rings. The van der Waals surface area contributed by atoms with Crippen LogP contribution in [0, 0.1) is 5.82 Å². The highest BCUT2D eigenvalue weighted by Gasteiger charge is 2.27. The Hall–Kier alpha value is -2.32. The fourth-order valence-corrected chi connectivity index (χ4v) is 1.12. The molecule has 104 valence electrons. The minimum absolute atomic E-state index is 0.165. The number of aromatic carboxylic acids is 1. The van der Waals surface area contributed by atoms with Crippen LogP contribution in [0.5, 0.6) is 0 Å². The predicted molar refractivity (Wildman–Crippen MR) is 56.4 cm³/mol. The zero-order chi connectivity index (χ0) is 14.6. The van der Waals surface area contributed by atoms with Gasteiger partial charge in [-0.15, -0.1) is 0 Å². The van der Waals surface area contributed by atoms with Gasteiger partial charge in [0.15, 0.2) is 0 Å². The largest absolute Gasteiger partial charge is 0.478 e. The first-order valence-corrected chi connectivity index (χ1v) is 4.83. The molecule has 0 unspecified atom stereocenters. The monoisotopic (exact) mass is 280 g/mol. The van der Waals surface area contributed by atoms with Crippen LogP contribution >= 0.6 is 0 Å². The first-order chi connectivity index (χ1) is 8.69. The summed E-state index contributed by atoms with van der Waals surface area (Å²) in [7, 11) is 0. The van der Waals surface area contributed by atoms with Gasteiger partial charge < -0.3 is 15.7 Å². The topological polar surface area (TPSA) is 78.4 Å². The Morgan fingerprint density at radius 2 is 1.89 bits per heavy atom. The maximum Gasteiger partial charge on any atom is 0.405 e. The minimum Gasteiger partial charge on any atom is -0.478 e. The van der Waals surface area contributed by atoms with Crippen molar-refractivity contribution in [3.63, 3.8) is 0 Å². The lowest BCUT2D eigenvalue weighted by Crippen LogP contribution is -2.36. The summed E-state index contributed by atoms with van der Waals surface area (Å²) >= 11 is 0. The number of amides is 2. The molecule has 19 heavy (non-hydrogen) atoms. The van der Waals surface area contributed by atoms with E-state index in [9.17, 15) is 27.2 Å². The molecule has 1 rings (SSSR count). The molecule has 1 aromatic rings. The first-order valence-electron chi connectivity index (χ1n) is 4.83. The molecule has 0 spiro atoms. The Bertz CT molecular complexity index is 502. The van der Waals surface area contributed by atoms with Gasteiger partial charge in [0.2, 0.25) is 0 Å². The number of nitrogens with one attached hydrogen (secondary N) is 2. The summed E-state index contributed by atoms with van der Waals surface area (Å²) in [5, 5.41) is 12.0. The van der Waals surface area contributed by atoms with Gasteiger partial charge in [0.1, 0.15) is 12.4 Å². The number of anilines is 1. The molecule has 0 atom stereocenters. The predicted octanol–water partition coefficient (Wildman–Crippen LogP) is 2.21. The number of rotatable bonds is 3. The Labute approximate surface area is 104 Å². The number of carboxylic acid groups (broad SMARTS) is 1. The molecule has 0 saturated heterocycles. The van der Waals surface area contributed by atoms with Gasteiger partial charge in [-0.1, -0.05) is 0 Å². The molecule has 9 heteroatoms. The molecule has 3 N–H and O–H groups in total. The molecule has 0 fully saturated rings. The first kappa shape index (κ1) is 14.7. The summed E-state index contributed by atoms with van der Waals surface area (Å²) in [6.45, 7) is -1.53. The number of hydrogen-bond acceptors (Lipinski definition) is 2. The second-order valence-corrected chi connectivity index (χ2v) is 3.42. The van der Waals surface area contributed by atoms with Crippen LogP contribution in [-0.2, 0) is 0 Å². The van der Waals surface area contributed by atoms with Gasteiger partial charge >= 0.3 is 18.2 Å². The molecule has 2 amide bonds. The summed E-state index contributed by atoms with van der Waals surface area (Å²) in [5.74, 6) is -2.60. The molecule has 1 aromatic carbocycles. The van der Waals surface area contributed by atoms with Crippen LogP contribution in [0.25, 0.3) is 0 Å². The normalized spacial score (nSPS) is 10.9. The number of benzene rings is 1. The maximum atomic E-state index is 13.2. The molecule has 0 bridgehead atoms. The van der Waals surface area contributed by atoms with Gasteiger partial charge in [-0.2, -0.15) is 13.2 Å². The zero-order valence-corrected chi connectivity index (χ0v) is 9.21. The van der Waals surface area contributed by atoms with E-state index in [4.69, 9.17) is 5.11 Å². The maximum absolute atomic E-state index is 13.2. The van der Waals surface area contributed by atoms with E-state index in [1.807, 2.05) is 5.32 Å². The van der Waals surface area contributed by atoms with E-state index in [0.717, 1.165) is 12.1 Å². The Morgan fingerprint density at radius 1 is 1.26 bits per heavy atom. The van der Waals surface area contributed by atoms with Crippen molar-refractivity contribution in [2.75, 3.05) is 11.9 Å². The minimum atomic E-state index is -4.56. The van der Waals surface area contributed by atoms with Gasteiger partial charge in [-0.3, -0.25) is 0 Å². The highest BCUT2D eigenvalue weighted by molar-refractivity contribution is 5.91. The molecule has 5 nitrogen and oxygen atoms in total. The standard InChI is InChI=1S/C10H8F4N2O3/c11-7-3-5(1-2-6(7)8(17)18)16-9(19)15-4-10(12,13)14/h1-3H,4H2,(H,17,18)(H2,15,16,19). The van der Waals surface area contributed by atoms with Gasteiger partial charge in [-0.05, 0) is 18.2 Å². The molecule has 0 radical (unpaired) electrons. The van der Waals surface area contributed by atoms with Crippen molar-refractivity contribution in [2.45, 2.75) is 6.18 Å². The molecular formula is C10H8F4N2O3. The molecule has 0 saturated carbocycles. The number of urea groups is 1. The SMILES string of the molecule is O=C(NCC(F)(F)F)Nc1ccc(C(=O)O)c(F)c1. The lowest BCUT2D eigenvalue weighted by Gasteiger charge is -2.10. The summed E-state index contributed by atoms with van der Waals surface area (Å²) in [5.41, 5.74) is -0.775. The lowest BCUT2D eigenvalue weighted by molar-refractivity contribution is -0.122. The van der Waals surface area contributed by atoms with Crippen LogP contribution in [0.2, 0.25) is 0 Å². The summed E-state index contributed by atoms with van der Waals surface area (Å²) in [6, 6.07) is 1.45. The van der Waals surface area contributed by atoms with Crippen molar-refractivity contribution < 1.29 is 32.3 Å². The van der Waals surface area contributed by atoms with Crippen LogP contribution in [0.4, 0.5) is 28.0 Å². The Balaban J connectivity index is 2.65.